The number of rotatable bonds is 6. The lowest BCUT2D eigenvalue weighted by Gasteiger charge is -2.30. The molecule has 0 saturated carbocycles. The SMILES string of the molecule is CCCN(CC1CCCNC1)c1nccc(OC)n1. The number of hydrogen-bond donors (Lipinski definition) is 1. The zero-order chi connectivity index (χ0) is 13.5. The molecule has 0 radical (unpaired) electrons. The predicted molar refractivity (Wildman–Crippen MR) is 76.7 cm³/mol. The van der Waals surface area contributed by atoms with E-state index in [1.165, 1.54) is 12.8 Å². The number of aromatic nitrogens is 2. The summed E-state index contributed by atoms with van der Waals surface area (Å²) in [5.41, 5.74) is 0. The van der Waals surface area contributed by atoms with Gasteiger partial charge in [0.1, 0.15) is 0 Å². The molecule has 1 aromatic heterocycles. The quantitative estimate of drug-likeness (QED) is 0.847. The van der Waals surface area contributed by atoms with E-state index in [2.05, 4.69) is 27.1 Å². The van der Waals surface area contributed by atoms with E-state index in [4.69, 9.17) is 4.74 Å². The first-order chi connectivity index (χ1) is 9.33. The van der Waals surface area contributed by atoms with Crippen LogP contribution in [0.15, 0.2) is 12.3 Å². The normalized spacial score (nSPS) is 19.2. The number of hydrogen-bond acceptors (Lipinski definition) is 5. The van der Waals surface area contributed by atoms with E-state index < -0.39 is 0 Å². The molecule has 2 heterocycles. The highest BCUT2D eigenvalue weighted by molar-refractivity contribution is 5.32. The molecule has 1 saturated heterocycles. The van der Waals surface area contributed by atoms with Crippen LogP contribution in [-0.4, -0.2) is 43.3 Å². The summed E-state index contributed by atoms with van der Waals surface area (Å²) in [5, 5.41) is 3.46. The van der Waals surface area contributed by atoms with Crippen molar-refractivity contribution >= 4 is 5.95 Å². The monoisotopic (exact) mass is 264 g/mol. The van der Waals surface area contributed by atoms with Crippen molar-refractivity contribution in [3.8, 4) is 5.88 Å². The molecule has 1 N–H and O–H groups in total. The molecule has 2 rings (SSSR count). The lowest BCUT2D eigenvalue weighted by atomic mass is 9.99. The molecule has 0 bridgehead atoms. The Morgan fingerprint density at radius 2 is 2.42 bits per heavy atom. The van der Waals surface area contributed by atoms with Gasteiger partial charge in [0.05, 0.1) is 7.11 Å². The van der Waals surface area contributed by atoms with Crippen LogP contribution in [0.5, 0.6) is 5.88 Å². The smallest absolute Gasteiger partial charge is 0.228 e. The van der Waals surface area contributed by atoms with E-state index in [1.54, 1.807) is 19.4 Å². The van der Waals surface area contributed by atoms with Gasteiger partial charge in [-0.05, 0) is 38.3 Å². The third-order valence-corrected chi connectivity index (χ3v) is 3.48. The second-order valence-corrected chi connectivity index (χ2v) is 5.06. The summed E-state index contributed by atoms with van der Waals surface area (Å²) in [6, 6.07) is 1.79. The maximum atomic E-state index is 5.18. The third kappa shape index (κ3) is 4.06. The van der Waals surface area contributed by atoms with Crippen LogP contribution in [0.2, 0.25) is 0 Å². The van der Waals surface area contributed by atoms with Crippen molar-refractivity contribution in [2.24, 2.45) is 5.92 Å². The second kappa shape index (κ2) is 7.28. The molecule has 5 nitrogen and oxygen atoms in total. The van der Waals surface area contributed by atoms with Crippen molar-refractivity contribution in [1.29, 1.82) is 0 Å². The Kier molecular flexibility index (Phi) is 5.39. The molecule has 19 heavy (non-hydrogen) atoms. The number of ether oxygens (including phenoxy) is 1. The average Bonchev–Trinajstić information content (AvgIpc) is 2.48. The minimum absolute atomic E-state index is 0.632. The van der Waals surface area contributed by atoms with Gasteiger partial charge in [-0.3, -0.25) is 0 Å². The number of nitrogens with one attached hydrogen (secondary N) is 1. The summed E-state index contributed by atoms with van der Waals surface area (Å²) in [6.07, 6.45) is 5.42. The molecule has 0 amide bonds. The minimum atomic E-state index is 0.632. The Labute approximate surface area is 115 Å². The molecule has 1 aromatic rings. The highest BCUT2D eigenvalue weighted by Crippen LogP contribution is 2.17. The Bertz CT molecular complexity index is 379. The first kappa shape index (κ1) is 14.1. The van der Waals surface area contributed by atoms with Crippen molar-refractivity contribution in [3.05, 3.63) is 12.3 Å². The van der Waals surface area contributed by atoms with E-state index in [0.717, 1.165) is 38.5 Å². The van der Waals surface area contributed by atoms with Gasteiger partial charge in [-0.2, -0.15) is 4.98 Å². The summed E-state index contributed by atoms with van der Waals surface area (Å²) in [7, 11) is 1.64. The fourth-order valence-corrected chi connectivity index (χ4v) is 2.53. The Morgan fingerprint density at radius 3 is 3.11 bits per heavy atom. The van der Waals surface area contributed by atoms with Gasteiger partial charge in [0.2, 0.25) is 11.8 Å². The zero-order valence-corrected chi connectivity index (χ0v) is 11.9. The summed E-state index contributed by atoms with van der Waals surface area (Å²) < 4.78 is 5.18. The maximum absolute atomic E-state index is 5.18. The van der Waals surface area contributed by atoms with Crippen LogP contribution >= 0.6 is 0 Å². The molecule has 1 aliphatic rings. The summed E-state index contributed by atoms with van der Waals surface area (Å²) in [4.78, 5) is 11.1. The van der Waals surface area contributed by atoms with Crippen LogP contribution in [0, 0.1) is 5.92 Å². The fourth-order valence-electron chi connectivity index (χ4n) is 2.53. The molecule has 0 aliphatic carbocycles. The van der Waals surface area contributed by atoms with Gasteiger partial charge in [-0.1, -0.05) is 6.92 Å². The number of nitrogens with zero attached hydrogens (tertiary/aromatic N) is 3. The summed E-state index contributed by atoms with van der Waals surface area (Å²) >= 11 is 0. The van der Waals surface area contributed by atoms with Gasteiger partial charge in [0, 0.05) is 25.4 Å². The molecule has 5 heteroatoms. The topological polar surface area (TPSA) is 50.3 Å². The predicted octanol–water partition coefficient (Wildman–Crippen LogP) is 1.70. The van der Waals surface area contributed by atoms with Crippen LogP contribution in [0.4, 0.5) is 5.95 Å². The Balaban J connectivity index is 2.04. The molecule has 1 fully saturated rings. The van der Waals surface area contributed by atoms with Gasteiger partial charge in [-0.25, -0.2) is 4.98 Å². The van der Waals surface area contributed by atoms with E-state index in [0.29, 0.717) is 11.8 Å². The van der Waals surface area contributed by atoms with Gasteiger partial charge in [0.25, 0.3) is 0 Å². The molecule has 1 aliphatic heterocycles. The van der Waals surface area contributed by atoms with Crippen molar-refractivity contribution in [2.75, 3.05) is 38.2 Å². The molecule has 0 aromatic carbocycles. The van der Waals surface area contributed by atoms with Crippen molar-refractivity contribution in [3.63, 3.8) is 0 Å². The first-order valence-corrected chi connectivity index (χ1v) is 7.16. The van der Waals surface area contributed by atoms with E-state index >= 15 is 0 Å². The Morgan fingerprint density at radius 1 is 1.53 bits per heavy atom. The van der Waals surface area contributed by atoms with Crippen LogP contribution in [0.1, 0.15) is 26.2 Å². The van der Waals surface area contributed by atoms with Gasteiger partial charge in [-0.15, -0.1) is 0 Å². The highest BCUT2D eigenvalue weighted by atomic mass is 16.5. The van der Waals surface area contributed by atoms with Crippen LogP contribution in [0.3, 0.4) is 0 Å². The van der Waals surface area contributed by atoms with E-state index in [1.807, 2.05) is 0 Å². The second-order valence-electron chi connectivity index (χ2n) is 5.06. The number of piperidine rings is 1. The van der Waals surface area contributed by atoms with Gasteiger partial charge < -0.3 is 15.0 Å². The van der Waals surface area contributed by atoms with Crippen LogP contribution in [0.25, 0.3) is 0 Å². The maximum Gasteiger partial charge on any atom is 0.228 e. The van der Waals surface area contributed by atoms with Crippen molar-refractivity contribution in [1.82, 2.24) is 15.3 Å². The first-order valence-electron chi connectivity index (χ1n) is 7.16. The average molecular weight is 264 g/mol. The molecule has 1 atom stereocenters. The van der Waals surface area contributed by atoms with Crippen molar-refractivity contribution < 1.29 is 4.74 Å². The number of methoxy groups -OCH3 is 1. The highest BCUT2D eigenvalue weighted by Gasteiger charge is 2.18. The standard InChI is InChI=1S/C14H24N4O/c1-3-9-18(11-12-5-4-7-15-10-12)14-16-8-6-13(17-14)19-2/h6,8,12,15H,3-5,7,9-11H2,1-2H3. The van der Waals surface area contributed by atoms with Crippen LogP contribution in [-0.2, 0) is 0 Å². The number of anilines is 1. The van der Waals surface area contributed by atoms with E-state index in [-0.39, 0.29) is 0 Å². The molecular formula is C14H24N4O. The molecule has 1 unspecified atom stereocenters. The van der Waals surface area contributed by atoms with E-state index in [9.17, 15) is 0 Å². The molecule has 0 spiro atoms. The Hall–Kier alpha value is -1.36. The van der Waals surface area contributed by atoms with Crippen molar-refractivity contribution in [2.45, 2.75) is 26.2 Å². The largest absolute Gasteiger partial charge is 0.481 e. The lowest BCUT2D eigenvalue weighted by molar-refractivity contribution is 0.372. The molecule has 106 valence electrons. The zero-order valence-electron chi connectivity index (χ0n) is 11.9. The lowest BCUT2D eigenvalue weighted by Crippen LogP contribution is -2.39. The van der Waals surface area contributed by atoms with Gasteiger partial charge in [0.15, 0.2) is 0 Å². The summed E-state index contributed by atoms with van der Waals surface area (Å²) in [6.45, 7) is 6.45. The minimum Gasteiger partial charge on any atom is -0.481 e. The fraction of sp³-hybridized carbons (Fsp3) is 0.714. The summed E-state index contributed by atoms with van der Waals surface area (Å²) in [5.74, 6) is 2.11. The van der Waals surface area contributed by atoms with Crippen LogP contribution < -0.4 is 15.0 Å². The van der Waals surface area contributed by atoms with Gasteiger partial charge >= 0.3 is 0 Å². The molecular weight excluding hydrogens is 240 g/mol. The third-order valence-electron chi connectivity index (χ3n) is 3.48.